The molecule has 0 saturated carbocycles. The first kappa shape index (κ1) is 16.4. The van der Waals surface area contributed by atoms with E-state index in [2.05, 4.69) is 5.10 Å². The number of halogens is 2. The Hall–Kier alpha value is -2.44. The van der Waals surface area contributed by atoms with Crippen molar-refractivity contribution in [2.75, 3.05) is 6.54 Å². The van der Waals surface area contributed by atoms with Crippen LogP contribution in [0.25, 0.3) is 11.3 Å². The monoisotopic (exact) mass is 335 g/mol. The van der Waals surface area contributed by atoms with Gasteiger partial charge in [0.1, 0.15) is 17.2 Å². The third-order valence-corrected chi connectivity index (χ3v) is 3.61. The van der Waals surface area contributed by atoms with Crippen molar-refractivity contribution in [3.05, 3.63) is 41.6 Å². The van der Waals surface area contributed by atoms with Crippen molar-refractivity contribution in [2.24, 2.45) is 0 Å². The first-order chi connectivity index (χ1) is 11.2. The Morgan fingerprint density at radius 3 is 2.42 bits per heavy atom. The molecule has 24 heavy (non-hydrogen) atoms. The Morgan fingerprint density at radius 2 is 1.79 bits per heavy atom. The molecule has 0 N–H and O–H groups in total. The standard InChI is InChI=1S/C17H19F2N3O2/c1-17(2,3)24-16(23)21-4-5-22-14(10-21)9-15(20-22)11-6-12(18)8-13(19)7-11/h6-9H,4-5,10H2,1-3H3. The number of carbonyl (C=O) groups excluding carboxylic acids is 1. The molecule has 2 heterocycles. The number of carbonyl (C=O) groups is 1. The fourth-order valence-corrected chi connectivity index (χ4v) is 2.59. The lowest BCUT2D eigenvalue weighted by molar-refractivity contribution is 0.0194. The molecule has 3 rings (SSSR count). The fourth-order valence-electron chi connectivity index (χ4n) is 2.59. The molecule has 1 aromatic heterocycles. The molecule has 2 aromatic rings. The molecule has 1 aliphatic rings. The van der Waals surface area contributed by atoms with Gasteiger partial charge in [0, 0.05) is 18.2 Å². The van der Waals surface area contributed by atoms with E-state index in [4.69, 9.17) is 4.74 Å². The van der Waals surface area contributed by atoms with Crippen LogP contribution in [0.5, 0.6) is 0 Å². The minimum Gasteiger partial charge on any atom is -0.444 e. The molecule has 0 unspecified atom stereocenters. The van der Waals surface area contributed by atoms with Crippen LogP contribution in [0, 0.1) is 11.6 Å². The summed E-state index contributed by atoms with van der Waals surface area (Å²) in [6.07, 6.45) is -0.381. The van der Waals surface area contributed by atoms with Gasteiger partial charge < -0.3 is 9.64 Å². The zero-order valence-electron chi connectivity index (χ0n) is 13.8. The van der Waals surface area contributed by atoms with E-state index in [1.54, 1.807) is 15.6 Å². The molecule has 0 saturated heterocycles. The van der Waals surface area contributed by atoms with Crippen LogP contribution in [0.15, 0.2) is 24.3 Å². The summed E-state index contributed by atoms with van der Waals surface area (Å²) in [6.45, 7) is 6.77. The fraction of sp³-hybridized carbons (Fsp3) is 0.412. The molecule has 5 nitrogen and oxygen atoms in total. The largest absolute Gasteiger partial charge is 0.444 e. The van der Waals surface area contributed by atoms with Crippen molar-refractivity contribution >= 4 is 6.09 Å². The van der Waals surface area contributed by atoms with Crippen molar-refractivity contribution in [1.82, 2.24) is 14.7 Å². The van der Waals surface area contributed by atoms with Crippen molar-refractivity contribution in [1.29, 1.82) is 0 Å². The zero-order chi connectivity index (χ0) is 17.5. The van der Waals surface area contributed by atoms with Crippen molar-refractivity contribution < 1.29 is 18.3 Å². The van der Waals surface area contributed by atoms with E-state index in [0.717, 1.165) is 11.8 Å². The van der Waals surface area contributed by atoms with Gasteiger partial charge in [0.15, 0.2) is 0 Å². The van der Waals surface area contributed by atoms with Gasteiger partial charge in [-0.05, 0) is 39.0 Å². The molecule has 0 radical (unpaired) electrons. The van der Waals surface area contributed by atoms with Crippen LogP contribution in [0.2, 0.25) is 0 Å². The summed E-state index contributed by atoms with van der Waals surface area (Å²) in [5, 5.41) is 4.38. The van der Waals surface area contributed by atoms with Crippen LogP contribution in [-0.2, 0) is 17.8 Å². The van der Waals surface area contributed by atoms with Crippen LogP contribution in [0.1, 0.15) is 26.5 Å². The molecule has 1 aromatic carbocycles. The number of hydrogen-bond acceptors (Lipinski definition) is 3. The average Bonchev–Trinajstić information content (AvgIpc) is 2.87. The summed E-state index contributed by atoms with van der Waals surface area (Å²) in [6, 6.07) is 5.04. The molecule has 7 heteroatoms. The lowest BCUT2D eigenvalue weighted by atomic mass is 10.1. The van der Waals surface area contributed by atoms with E-state index in [-0.39, 0.29) is 6.09 Å². The topological polar surface area (TPSA) is 47.4 Å². The van der Waals surface area contributed by atoms with E-state index in [1.807, 2.05) is 20.8 Å². The second-order valence-corrected chi connectivity index (χ2v) is 6.80. The number of benzene rings is 1. The number of hydrogen-bond donors (Lipinski definition) is 0. The Labute approximate surface area is 138 Å². The van der Waals surface area contributed by atoms with Crippen molar-refractivity contribution in [3.8, 4) is 11.3 Å². The van der Waals surface area contributed by atoms with Crippen LogP contribution in [0.4, 0.5) is 13.6 Å². The SMILES string of the molecule is CC(C)(C)OC(=O)N1CCn2nc(-c3cc(F)cc(F)c3)cc2C1. The van der Waals surface area contributed by atoms with Gasteiger partial charge in [-0.1, -0.05) is 0 Å². The number of ether oxygens (including phenoxy) is 1. The van der Waals surface area contributed by atoms with Gasteiger partial charge in [-0.3, -0.25) is 4.68 Å². The quantitative estimate of drug-likeness (QED) is 0.800. The van der Waals surface area contributed by atoms with Crippen molar-refractivity contribution in [3.63, 3.8) is 0 Å². The minimum absolute atomic E-state index is 0.347. The average molecular weight is 335 g/mol. The normalized spacial score (nSPS) is 14.5. The molecule has 128 valence electrons. The van der Waals surface area contributed by atoms with E-state index < -0.39 is 17.2 Å². The smallest absolute Gasteiger partial charge is 0.410 e. The Balaban J connectivity index is 1.81. The number of nitrogens with zero attached hydrogens (tertiary/aromatic N) is 3. The zero-order valence-corrected chi connectivity index (χ0v) is 13.8. The highest BCUT2D eigenvalue weighted by atomic mass is 19.1. The molecule has 0 atom stereocenters. The summed E-state index contributed by atoms with van der Waals surface area (Å²) in [5.41, 5.74) is 1.10. The molecular formula is C17H19F2N3O2. The van der Waals surface area contributed by atoms with Gasteiger partial charge >= 0.3 is 6.09 Å². The molecule has 0 bridgehead atoms. The van der Waals surface area contributed by atoms with Gasteiger partial charge in [-0.2, -0.15) is 5.10 Å². The molecule has 0 aliphatic carbocycles. The highest BCUT2D eigenvalue weighted by molar-refractivity contribution is 5.68. The van der Waals surface area contributed by atoms with E-state index >= 15 is 0 Å². The minimum atomic E-state index is -0.647. The number of rotatable bonds is 1. The Morgan fingerprint density at radius 1 is 1.12 bits per heavy atom. The third kappa shape index (κ3) is 3.55. The van der Waals surface area contributed by atoms with Gasteiger partial charge in [-0.25, -0.2) is 13.6 Å². The lowest BCUT2D eigenvalue weighted by Crippen LogP contribution is -2.41. The number of amides is 1. The Kier molecular flexibility index (Phi) is 4.03. The maximum Gasteiger partial charge on any atom is 0.410 e. The summed E-state index contributed by atoms with van der Waals surface area (Å²) >= 11 is 0. The summed E-state index contributed by atoms with van der Waals surface area (Å²) in [5.74, 6) is -1.29. The van der Waals surface area contributed by atoms with Crippen LogP contribution in [0.3, 0.4) is 0 Å². The van der Waals surface area contributed by atoms with E-state index in [1.165, 1.54) is 12.1 Å². The van der Waals surface area contributed by atoms with Crippen LogP contribution >= 0.6 is 0 Å². The first-order valence-electron chi connectivity index (χ1n) is 7.72. The maximum atomic E-state index is 13.4. The van der Waals surface area contributed by atoms with Crippen LogP contribution < -0.4 is 0 Å². The Bertz CT molecular complexity index is 760. The highest BCUT2D eigenvalue weighted by Gasteiger charge is 2.26. The van der Waals surface area contributed by atoms with E-state index in [9.17, 15) is 13.6 Å². The summed E-state index contributed by atoms with van der Waals surface area (Å²) in [7, 11) is 0. The number of aromatic nitrogens is 2. The van der Waals surface area contributed by atoms with E-state index in [0.29, 0.717) is 30.9 Å². The second-order valence-electron chi connectivity index (χ2n) is 6.80. The number of fused-ring (bicyclic) bond motifs is 1. The van der Waals surface area contributed by atoms with Crippen molar-refractivity contribution in [2.45, 2.75) is 39.5 Å². The predicted octanol–water partition coefficient (Wildman–Crippen LogP) is 3.58. The molecule has 0 fully saturated rings. The summed E-state index contributed by atoms with van der Waals surface area (Å²) < 4.78 is 33.9. The molecule has 1 amide bonds. The highest BCUT2D eigenvalue weighted by Crippen LogP contribution is 2.24. The molecular weight excluding hydrogens is 316 g/mol. The third-order valence-electron chi connectivity index (χ3n) is 3.61. The summed E-state index contributed by atoms with van der Waals surface area (Å²) in [4.78, 5) is 13.8. The van der Waals surface area contributed by atoms with Gasteiger partial charge in [0.25, 0.3) is 0 Å². The lowest BCUT2D eigenvalue weighted by Gasteiger charge is -2.30. The first-order valence-corrected chi connectivity index (χ1v) is 7.72. The van der Waals surface area contributed by atoms with Gasteiger partial charge in [0.2, 0.25) is 0 Å². The molecule has 1 aliphatic heterocycles. The van der Waals surface area contributed by atoms with Crippen LogP contribution in [-0.4, -0.2) is 32.9 Å². The van der Waals surface area contributed by atoms with Gasteiger partial charge in [0.05, 0.1) is 24.5 Å². The predicted molar refractivity (Wildman–Crippen MR) is 84.2 cm³/mol. The van der Waals surface area contributed by atoms with Gasteiger partial charge in [-0.15, -0.1) is 0 Å². The second kappa shape index (κ2) is 5.89. The maximum absolute atomic E-state index is 13.4. The molecule has 0 spiro atoms.